The van der Waals surface area contributed by atoms with E-state index in [1.54, 1.807) is 22.7 Å². The molecule has 3 aromatic heterocycles. The predicted molar refractivity (Wildman–Crippen MR) is 134 cm³/mol. The van der Waals surface area contributed by atoms with E-state index in [9.17, 15) is 9.59 Å². The van der Waals surface area contributed by atoms with Crippen molar-refractivity contribution in [1.29, 1.82) is 0 Å². The Labute approximate surface area is 205 Å². The van der Waals surface area contributed by atoms with Crippen LogP contribution in [0.3, 0.4) is 0 Å². The number of nitrogens with zero attached hydrogens (tertiary/aromatic N) is 3. The summed E-state index contributed by atoms with van der Waals surface area (Å²) in [6.45, 7) is 0. The first kappa shape index (κ1) is 21.2. The fourth-order valence-corrected chi connectivity index (χ4v) is 9.86. The van der Waals surface area contributed by atoms with Crippen molar-refractivity contribution in [2.45, 2.75) is 82.5 Å². The van der Waals surface area contributed by atoms with Crippen molar-refractivity contribution in [3.05, 3.63) is 31.6 Å². The fourth-order valence-electron chi connectivity index (χ4n) is 7.60. The molecule has 2 N–H and O–H groups in total. The molecule has 4 fully saturated rings. The predicted octanol–water partition coefficient (Wildman–Crippen LogP) is 4.75. The normalized spacial score (nSPS) is 29.5. The van der Waals surface area contributed by atoms with E-state index in [1.165, 1.54) is 55.4 Å². The molecule has 5 aliphatic carbocycles. The molecule has 178 valence electrons. The lowest BCUT2D eigenvalue weighted by molar-refractivity contribution is -0.116. The highest BCUT2D eigenvalue weighted by Gasteiger charge is 2.53. The molecular weight excluding hydrogens is 466 g/mol. The number of anilines is 1. The van der Waals surface area contributed by atoms with E-state index in [2.05, 4.69) is 25.5 Å². The van der Waals surface area contributed by atoms with Crippen molar-refractivity contribution in [2.75, 3.05) is 5.32 Å². The standard InChI is InChI=1S/C25H29N5O2S2/c31-19(6-5-18-26-21(32)20-16-3-1-2-4-17(16)33-22(20)27-18)28-24-30-29-23(34-24)25-10-13-7-14(11-25)9-15(8-13)12-25/h13-15H,1-12H2,(H,26,27,32)(H,28,30,31). The van der Waals surface area contributed by atoms with E-state index in [0.29, 0.717) is 17.4 Å². The number of hydrogen-bond donors (Lipinski definition) is 2. The monoisotopic (exact) mass is 495 g/mol. The van der Waals surface area contributed by atoms with Gasteiger partial charge in [0.25, 0.3) is 5.56 Å². The molecule has 0 aromatic carbocycles. The number of rotatable bonds is 5. The molecule has 0 radical (unpaired) electrons. The third-order valence-electron chi connectivity index (χ3n) is 8.63. The zero-order valence-corrected chi connectivity index (χ0v) is 20.8. The Bertz CT molecular complexity index is 1300. The van der Waals surface area contributed by atoms with E-state index in [-0.39, 0.29) is 23.3 Å². The van der Waals surface area contributed by atoms with Gasteiger partial charge in [0.1, 0.15) is 15.7 Å². The molecule has 0 unspecified atom stereocenters. The van der Waals surface area contributed by atoms with Gasteiger partial charge in [-0.2, -0.15) is 0 Å². The van der Waals surface area contributed by atoms with Gasteiger partial charge in [0.05, 0.1) is 5.39 Å². The van der Waals surface area contributed by atoms with E-state index in [0.717, 1.165) is 52.2 Å². The number of amides is 1. The van der Waals surface area contributed by atoms with Gasteiger partial charge in [-0.3, -0.25) is 9.59 Å². The van der Waals surface area contributed by atoms with Crippen LogP contribution in [0, 0.1) is 17.8 Å². The lowest BCUT2D eigenvalue weighted by Gasteiger charge is -2.55. The quantitative estimate of drug-likeness (QED) is 0.532. The number of hydrogen-bond acceptors (Lipinski definition) is 7. The summed E-state index contributed by atoms with van der Waals surface area (Å²) in [7, 11) is 0. The Morgan fingerprint density at radius 3 is 2.53 bits per heavy atom. The van der Waals surface area contributed by atoms with E-state index < -0.39 is 0 Å². The van der Waals surface area contributed by atoms with Crippen molar-refractivity contribution in [3.63, 3.8) is 0 Å². The molecule has 34 heavy (non-hydrogen) atoms. The van der Waals surface area contributed by atoms with Gasteiger partial charge in [-0.1, -0.05) is 11.3 Å². The molecule has 4 bridgehead atoms. The summed E-state index contributed by atoms with van der Waals surface area (Å²) >= 11 is 3.21. The van der Waals surface area contributed by atoms with E-state index >= 15 is 0 Å². The maximum atomic E-state index is 12.7. The highest BCUT2D eigenvalue weighted by molar-refractivity contribution is 7.18. The first-order valence-corrected chi connectivity index (χ1v) is 14.4. The third kappa shape index (κ3) is 3.54. The van der Waals surface area contributed by atoms with Crippen LogP contribution in [0.4, 0.5) is 5.13 Å². The second-order valence-electron chi connectivity index (χ2n) is 11.1. The zero-order valence-electron chi connectivity index (χ0n) is 19.2. The molecule has 0 spiro atoms. The number of fused-ring (bicyclic) bond motifs is 3. The Balaban J connectivity index is 1.03. The molecule has 3 aromatic rings. The number of aromatic amines is 1. The molecular formula is C25H29N5O2S2. The van der Waals surface area contributed by atoms with Gasteiger partial charge in [0.15, 0.2) is 0 Å². The summed E-state index contributed by atoms with van der Waals surface area (Å²) in [5.74, 6) is 3.04. The summed E-state index contributed by atoms with van der Waals surface area (Å²) in [6, 6.07) is 0. The molecule has 1 amide bonds. The largest absolute Gasteiger partial charge is 0.310 e. The van der Waals surface area contributed by atoms with Crippen LogP contribution in [-0.2, 0) is 29.5 Å². The molecule has 4 saturated carbocycles. The van der Waals surface area contributed by atoms with Crippen LogP contribution in [0.1, 0.15) is 79.1 Å². The highest BCUT2D eigenvalue weighted by Crippen LogP contribution is 2.61. The minimum atomic E-state index is -0.110. The van der Waals surface area contributed by atoms with Crippen molar-refractivity contribution < 1.29 is 4.79 Å². The van der Waals surface area contributed by atoms with Crippen LogP contribution in [-0.4, -0.2) is 26.1 Å². The van der Waals surface area contributed by atoms with Crippen molar-refractivity contribution in [3.8, 4) is 0 Å². The molecule has 0 atom stereocenters. The minimum Gasteiger partial charge on any atom is -0.310 e. The number of aryl methyl sites for hydroxylation is 3. The van der Waals surface area contributed by atoms with Gasteiger partial charge < -0.3 is 10.3 Å². The van der Waals surface area contributed by atoms with Crippen LogP contribution < -0.4 is 10.9 Å². The Morgan fingerprint density at radius 1 is 1.03 bits per heavy atom. The Kier molecular flexibility index (Phi) is 4.95. The molecule has 3 heterocycles. The molecule has 7 nitrogen and oxygen atoms in total. The topological polar surface area (TPSA) is 101 Å². The summed E-state index contributed by atoms with van der Waals surface area (Å²) in [6.07, 6.45) is 12.9. The zero-order chi connectivity index (χ0) is 22.9. The van der Waals surface area contributed by atoms with Gasteiger partial charge in [-0.25, -0.2) is 4.98 Å². The van der Waals surface area contributed by atoms with Crippen LogP contribution in [0.25, 0.3) is 10.2 Å². The number of carbonyl (C=O) groups is 1. The first-order chi connectivity index (χ1) is 16.5. The van der Waals surface area contributed by atoms with Crippen molar-refractivity contribution in [1.82, 2.24) is 20.2 Å². The maximum Gasteiger partial charge on any atom is 0.259 e. The Hall–Kier alpha value is -2.13. The van der Waals surface area contributed by atoms with Crippen LogP contribution in [0.5, 0.6) is 0 Å². The maximum absolute atomic E-state index is 12.7. The van der Waals surface area contributed by atoms with Gasteiger partial charge in [-0.15, -0.1) is 21.5 Å². The van der Waals surface area contributed by atoms with E-state index in [4.69, 9.17) is 0 Å². The smallest absolute Gasteiger partial charge is 0.259 e. The lowest BCUT2D eigenvalue weighted by Crippen LogP contribution is -2.48. The summed E-state index contributed by atoms with van der Waals surface area (Å²) in [5.41, 5.74) is 1.33. The van der Waals surface area contributed by atoms with Crippen molar-refractivity contribution >= 4 is 43.9 Å². The molecule has 0 aliphatic heterocycles. The first-order valence-electron chi connectivity index (χ1n) is 12.7. The molecule has 9 heteroatoms. The van der Waals surface area contributed by atoms with Gasteiger partial charge >= 0.3 is 0 Å². The third-order valence-corrected chi connectivity index (χ3v) is 10.9. The molecule has 0 saturated heterocycles. The SMILES string of the molecule is O=C(CCc1nc2sc3c(c2c(=O)[nH]1)CCCC3)Nc1nnc(C23CC4CC(CC(C4)C2)C3)s1. The highest BCUT2D eigenvalue weighted by atomic mass is 32.1. The molecule has 8 rings (SSSR count). The van der Waals surface area contributed by atoms with Crippen LogP contribution in [0.2, 0.25) is 0 Å². The second kappa shape index (κ2) is 7.95. The number of thiophene rings is 1. The van der Waals surface area contributed by atoms with Gasteiger partial charge in [-0.05, 0) is 87.5 Å². The minimum absolute atomic E-state index is 0.0656. The molecule has 5 aliphatic rings. The van der Waals surface area contributed by atoms with Gasteiger partial charge in [0, 0.05) is 23.1 Å². The van der Waals surface area contributed by atoms with Crippen LogP contribution >= 0.6 is 22.7 Å². The summed E-state index contributed by atoms with van der Waals surface area (Å²) in [5, 5.41) is 14.3. The second-order valence-corrected chi connectivity index (χ2v) is 13.1. The lowest BCUT2D eigenvalue weighted by atomic mass is 9.50. The van der Waals surface area contributed by atoms with Crippen molar-refractivity contribution in [2.24, 2.45) is 17.8 Å². The number of H-pyrrole nitrogens is 1. The van der Waals surface area contributed by atoms with Crippen LogP contribution in [0.15, 0.2) is 4.79 Å². The average molecular weight is 496 g/mol. The number of aromatic nitrogens is 4. The Morgan fingerprint density at radius 2 is 1.76 bits per heavy atom. The average Bonchev–Trinajstić information content (AvgIpc) is 3.42. The van der Waals surface area contributed by atoms with E-state index in [1.807, 2.05) is 0 Å². The summed E-state index contributed by atoms with van der Waals surface area (Å²) < 4.78 is 0. The number of carbonyl (C=O) groups excluding carboxylic acids is 1. The fraction of sp³-hybridized carbons (Fsp3) is 0.640. The van der Waals surface area contributed by atoms with Gasteiger partial charge in [0.2, 0.25) is 11.0 Å². The number of nitrogens with one attached hydrogen (secondary N) is 2. The summed E-state index contributed by atoms with van der Waals surface area (Å²) in [4.78, 5) is 35.1.